The molecule has 0 fully saturated rings. The van der Waals surface area contributed by atoms with Crippen LogP contribution in [0.25, 0.3) is 0 Å². The highest BCUT2D eigenvalue weighted by atomic mass is 35.5. The van der Waals surface area contributed by atoms with Gasteiger partial charge in [-0.05, 0) is 0 Å². The van der Waals surface area contributed by atoms with Crippen molar-refractivity contribution in [3.8, 4) is 0 Å². The fourth-order valence-electron chi connectivity index (χ4n) is 1.65. The summed E-state index contributed by atoms with van der Waals surface area (Å²) >= 11 is 0. The third kappa shape index (κ3) is 2.20. The van der Waals surface area contributed by atoms with E-state index in [0.29, 0.717) is 13.2 Å². The standard InChI is InChI=1S/C8H13N3O.2ClH/c1-11-8-2-3-12-5-6(8)7(4-9)10-11;;/h2-5,9H2,1H3;2*1H. The van der Waals surface area contributed by atoms with Crippen LogP contribution in [0.1, 0.15) is 17.0 Å². The lowest BCUT2D eigenvalue weighted by atomic mass is 10.1. The first kappa shape index (κ1) is 13.7. The van der Waals surface area contributed by atoms with E-state index in [2.05, 4.69) is 5.10 Å². The van der Waals surface area contributed by atoms with Crippen molar-refractivity contribution in [1.29, 1.82) is 0 Å². The second-order valence-corrected chi connectivity index (χ2v) is 3.00. The molecule has 0 spiro atoms. The number of rotatable bonds is 1. The molecular weight excluding hydrogens is 225 g/mol. The number of halogens is 2. The maximum atomic E-state index is 5.56. The van der Waals surface area contributed by atoms with Gasteiger partial charge in [-0.25, -0.2) is 0 Å². The number of ether oxygens (including phenoxy) is 1. The van der Waals surface area contributed by atoms with Crippen LogP contribution in [0.2, 0.25) is 0 Å². The number of nitrogens with two attached hydrogens (primary N) is 1. The molecule has 0 atom stereocenters. The summed E-state index contributed by atoms with van der Waals surface area (Å²) in [6, 6.07) is 0. The monoisotopic (exact) mass is 239 g/mol. The van der Waals surface area contributed by atoms with E-state index in [-0.39, 0.29) is 24.8 Å². The zero-order valence-corrected chi connectivity index (χ0v) is 9.66. The van der Waals surface area contributed by atoms with E-state index in [1.54, 1.807) is 0 Å². The third-order valence-electron chi connectivity index (χ3n) is 2.28. The molecule has 0 bridgehead atoms. The van der Waals surface area contributed by atoms with E-state index in [0.717, 1.165) is 18.7 Å². The molecular formula is C8H15Cl2N3O. The summed E-state index contributed by atoms with van der Waals surface area (Å²) in [5, 5.41) is 4.32. The first-order valence-corrected chi connectivity index (χ1v) is 4.14. The van der Waals surface area contributed by atoms with Crippen molar-refractivity contribution in [2.45, 2.75) is 19.6 Å². The molecule has 1 aliphatic heterocycles. The van der Waals surface area contributed by atoms with Crippen LogP contribution in [-0.4, -0.2) is 16.4 Å². The van der Waals surface area contributed by atoms with E-state index in [4.69, 9.17) is 10.5 Å². The predicted molar refractivity (Wildman–Crippen MR) is 59.0 cm³/mol. The first-order valence-electron chi connectivity index (χ1n) is 4.14. The lowest BCUT2D eigenvalue weighted by Gasteiger charge is -2.13. The summed E-state index contributed by atoms with van der Waals surface area (Å²) < 4.78 is 7.26. The maximum Gasteiger partial charge on any atom is 0.0818 e. The van der Waals surface area contributed by atoms with Crippen molar-refractivity contribution in [2.24, 2.45) is 12.8 Å². The largest absolute Gasteiger partial charge is 0.376 e. The van der Waals surface area contributed by atoms with Gasteiger partial charge in [0, 0.05) is 31.3 Å². The molecule has 1 aliphatic rings. The van der Waals surface area contributed by atoms with Crippen LogP contribution in [0.3, 0.4) is 0 Å². The molecule has 6 heteroatoms. The summed E-state index contributed by atoms with van der Waals surface area (Å²) in [6.45, 7) is 1.98. The van der Waals surface area contributed by atoms with Crippen LogP contribution >= 0.6 is 24.8 Å². The number of aryl methyl sites for hydroxylation is 1. The first-order chi connectivity index (χ1) is 5.83. The van der Waals surface area contributed by atoms with E-state index in [1.165, 1.54) is 11.3 Å². The average molecular weight is 240 g/mol. The van der Waals surface area contributed by atoms with Crippen LogP contribution < -0.4 is 5.73 Å². The minimum absolute atomic E-state index is 0. The van der Waals surface area contributed by atoms with Crippen LogP contribution in [0.15, 0.2) is 0 Å². The van der Waals surface area contributed by atoms with Crippen molar-refractivity contribution in [3.05, 3.63) is 17.0 Å². The topological polar surface area (TPSA) is 53.1 Å². The predicted octanol–water partition coefficient (Wildman–Crippen LogP) is 0.795. The van der Waals surface area contributed by atoms with Gasteiger partial charge in [-0.3, -0.25) is 4.68 Å². The highest BCUT2D eigenvalue weighted by Gasteiger charge is 2.18. The van der Waals surface area contributed by atoms with Crippen molar-refractivity contribution in [3.63, 3.8) is 0 Å². The van der Waals surface area contributed by atoms with Gasteiger partial charge in [0.25, 0.3) is 0 Å². The Morgan fingerprint density at radius 2 is 2.21 bits per heavy atom. The minimum Gasteiger partial charge on any atom is -0.376 e. The van der Waals surface area contributed by atoms with Crippen molar-refractivity contribution >= 4 is 24.8 Å². The van der Waals surface area contributed by atoms with Gasteiger partial charge in [0.15, 0.2) is 0 Å². The molecule has 82 valence electrons. The molecule has 0 aliphatic carbocycles. The highest BCUT2D eigenvalue weighted by Crippen LogP contribution is 2.19. The Hall–Kier alpha value is -0.290. The number of hydrogen-bond donors (Lipinski definition) is 1. The van der Waals surface area contributed by atoms with Gasteiger partial charge in [0.2, 0.25) is 0 Å². The van der Waals surface area contributed by atoms with E-state index in [9.17, 15) is 0 Å². The molecule has 2 N–H and O–H groups in total. The molecule has 0 saturated carbocycles. The summed E-state index contributed by atoms with van der Waals surface area (Å²) in [7, 11) is 1.96. The van der Waals surface area contributed by atoms with Crippen molar-refractivity contribution in [1.82, 2.24) is 9.78 Å². The van der Waals surface area contributed by atoms with Gasteiger partial charge < -0.3 is 10.5 Å². The zero-order valence-electron chi connectivity index (χ0n) is 8.02. The normalized spacial score (nSPS) is 13.9. The summed E-state index contributed by atoms with van der Waals surface area (Å²) in [6.07, 6.45) is 0.957. The smallest absolute Gasteiger partial charge is 0.0818 e. The Morgan fingerprint density at radius 1 is 1.50 bits per heavy atom. The fourth-order valence-corrected chi connectivity index (χ4v) is 1.65. The van der Waals surface area contributed by atoms with Gasteiger partial charge in [-0.2, -0.15) is 5.10 Å². The third-order valence-corrected chi connectivity index (χ3v) is 2.28. The SMILES string of the molecule is Cl.Cl.Cn1nc(CN)c2c1CCOC2. The Labute approximate surface area is 95.6 Å². The number of hydrogen-bond acceptors (Lipinski definition) is 3. The van der Waals surface area contributed by atoms with Crippen molar-refractivity contribution < 1.29 is 4.74 Å². The quantitative estimate of drug-likeness (QED) is 0.789. The van der Waals surface area contributed by atoms with Crippen LogP contribution in [0.5, 0.6) is 0 Å². The van der Waals surface area contributed by atoms with Crippen LogP contribution in [0.4, 0.5) is 0 Å². The minimum atomic E-state index is 0. The van der Waals surface area contributed by atoms with Gasteiger partial charge in [0.1, 0.15) is 0 Å². The molecule has 0 amide bonds. The molecule has 1 aromatic rings. The number of nitrogens with zero attached hydrogens (tertiary/aromatic N) is 2. The Morgan fingerprint density at radius 3 is 2.86 bits per heavy atom. The molecule has 0 radical (unpaired) electrons. The van der Waals surface area contributed by atoms with E-state index < -0.39 is 0 Å². The lowest BCUT2D eigenvalue weighted by molar-refractivity contribution is 0.108. The molecule has 4 nitrogen and oxygen atoms in total. The summed E-state index contributed by atoms with van der Waals surface area (Å²) in [5.74, 6) is 0. The zero-order chi connectivity index (χ0) is 8.55. The van der Waals surface area contributed by atoms with Crippen molar-refractivity contribution in [2.75, 3.05) is 6.61 Å². The van der Waals surface area contributed by atoms with Gasteiger partial charge in [-0.1, -0.05) is 0 Å². The molecule has 1 aromatic heterocycles. The maximum absolute atomic E-state index is 5.56. The number of fused-ring (bicyclic) bond motifs is 1. The average Bonchev–Trinajstić information content (AvgIpc) is 2.44. The summed E-state index contributed by atoms with van der Waals surface area (Å²) in [5.41, 5.74) is 9.01. The molecule has 0 aromatic carbocycles. The second kappa shape index (κ2) is 5.56. The number of aromatic nitrogens is 2. The Balaban J connectivity index is 0.000000845. The van der Waals surface area contributed by atoms with E-state index >= 15 is 0 Å². The van der Waals surface area contributed by atoms with Gasteiger partial charge in [0.05, 0.1) is 18.9 Å². The van der Waals surface area contributed by atoms with E-state index in [1.807, 2.05) is 11.7 Å². The Kier molecular flexibility index (Phi) is 5.44. The Bertz CT molecular complexity index is 301. The second-order valence-electron chi connectivity index (χ2n) is 3.00. The molecule has 0 saturated heterocycles. The molecule has 2 rings (SSSR count). The molecule has 2 heterocycles. The lowest BCUT2D eigenvalue weighted by Crippen LogP contribution is -2.12. The van der Waals surface area contributed by atoms with Crippen LogP contribution in [-0.2, 0) is 31.4 Å². The molecule has 14 heavy (non-hydrogen) atoms. The van der Waals surface area contributed by atoms with Crippen LogP contribution in [0, 0.1) is 0 Å². The highest BCUT2D eigenvalue weighted by molar-refractivity contribution is 5.85. The molecule has 0 unspecified atom stereocenters. The van der Waals surface area contributed by atoms with Gasteiger partial charge >= 0.3 is 0 Å². The van der Waals surface area contributed by atoms with Gasteiger partial charge in [-0.15, -0.1) is 24.8 Å². The summed E-state index contributed by atoms with van der Waals surface area (Å²) in [4.78, 5) is 0. The fraction of sp³-hybridized carbons (Fsp3) is 0.625.